The molecule has 1 aromatic carbocycles. The first-order valence-corrected chi connectivity index (χ1v) is 12.2. The first kappa shape index (κ1) is 23.2. The molecule has 0 unspecified atom stereocenters. The number of pyridine rings is 1. The monoisotopic (exact) mass is 503 g/mol. The Hall–Kier alpha value is -4.21. The van der Waals surface area contributed by atoms with Crippen LogP contribution in [-0.4, -0.2) is 33.4 Å². The van der Waals surface area contributed by atoms with Gasteiger partial charge in [-0.05, 0) is 56.4 Å². The van der Waals surface area contributed by atoms with E-state index in [1.807, 2.05) is 26.8 Å². The SMILES string of the molecule is Cc1coc2c(C)c3oc(=O)c(CC(=O)N4C[C@@H]5C[C@@H](C4)c4ccc([N+](=O)[O-])c(=O)n4C5)c(C)c3cc12. The number of carbonyl (C=O) groups excluding carboxylic acids is 1. The average molecular weight is 504 g/mol. The van der Waals surface area contributed by atoms with Crippen LogP contribution in [0.3, 0.4) is 0 Å². The number of benzene rings is 1. The number of hydrogen-bond acceptors (Lipinski definition) is 7. The van der Waals surface area contributed by atoms with Crippen LogP contribution in [0, 0.1) is 36.8 Å². The van der Waals surface area contributed by atoms with E-state index in [1.165, 1.54) is 10.6 Å². The fourth-order valence-corrected chi connectivity index (χ4v) is 6.06. The molecule has 1 amide bonds. The van der Waals surface area contributed by atoms with Gasteiger partial charge in [0.1, 0.15) is 11.2 Å². The lowest BCUT2D eigenvalue weighted by Crippen LogP contribution is -2.49. The highest BCUT2D eigenvalue weighted by molar-refractivity contribution is 6.00. The zero-order valence-electron chi connectivity index (χ0n) is 20.7. The van der Waals surface area contributed by atoms with Gasteiger partial charge in [0.15, 0.2) is 0 Å². The van der Waals surface area contributed by atoms with Gasteiger partial charge in [-0.25, -0.2) is 4.79 Å². The maximum Gasteiger partial charge on any atom is 0.340 e. The van der Waals surface area contributed by atoms with Gasteiger partial charge in [0, 0.05) is 53.6 Å². The normalized spacial score (nSPS) is 18.8. The van der Waals surface area contributed by atoms with Gasteiger partial charge in [0.25, 0.3) is 0 Å². The van der Waals surface area contributed by atoms with Gasteiger partial charge in [-0.3, -0.25) is 19.7 Å². The predicted molar refractivity (Wildman–Crippen MR) is 135 cm³/mol. The van der Waals surface area contributed by atoms with Crippen molar-refractivity contribution in [2.75, 3.05) is 13.1 Å². The lowest BCUT2D eigenvalue weighted by molar-refractivity contribution is -0.386. The minimum atomic E-state index is -0.659. The Balaban J connectivity index is 1.32. The summed E-state index contributed by atoms with van der Waals surface area (Å²) < 4.78 is 12.8. The molecule has 10 nitrogen and oxygen atoms in total. The van der Waals surface area contributed by atoms with Crippen LogP contribution in [0.2, 0.25) is 0 Å². The second-order valence-electron chi connectivity index (χ2n) is 10.3. The number of rotatable bonds is 3. The molecular formula is C27H25N3O7. The second-order valence-corrected chi connectivity index (χ2v) is 10.3. The minimum absolute atomic E-state index is 0.00372. The van der Waals surface area contributed by atoms with Crippen molar-refractivity contribution in [2.45, 2.75) is 46.1 Å². The lowest BCUT2D eigenvalue weighted by Gasteiger charge is -2.42. The van der Waals surface area contributed by atoms with Crippen LogP contribution < -0.4 is 11.2 Å². The van der Waals surface area contributed by atoms with Crippen LogP contribution in [0.25, 0.3) is 21.9 Å². The number of aromatic nitrogens is 1. The van der Waals surface area contributed by atoms with Crippen molar-refractivity contribution in [3.05, 3.63) is 83.3 Å². The Morgan fingerprint density at radius 1 is 1.08 bits per heavy atom. The van der Waals surface area contributed by atoms with Crippen LogP contribution >= 0.6 is 0 Å². The predicted octanol–water partition coefficient (Wildman–Crippen LogP) is 3.72. The number of amides is 1. The standard InChI is InChI=1S/C27H25N3O7/c1-13-12-36-24-15(3)25-19(7-18(13)24)14(2)20(27(33)37-25)8-23(31)28-9-16-6-17(11-28)21-4-5-22(30(34)35)26(32)29(21)10-16/h4-5,7,12,16-17H,6,8-11H2,1-3H3/t16-,17-/m0/s1. The molecule has 3 aromatic heterocycles. The van der Waals surface area contributed by atoms with E-state index >= 15 is 0 Å². The lowest BCUT2D eigenvalue weighted by atomic mass is 9.83. The van der Waals surface area contributed by atoms with Crippen molar-refractivity contribution in [2.24, 2.45) is 5.92 Å². The van der Waals surface area contributed by atoms with E-state index in [9.17, 15) is 24.5 Å². The molecule has 0 N–H and O–H groups in total. The number of piperidine rings is 1. The van der Waals surface area contributed by atoms with Crippen LogP contribution in [0.4, 0.5) is 5.69 Å². The van der Waals surface area contributed by atoms with Crippen LogP contribution in [0.1, 0.15) is 40.3 Å². The highest BCUT2D eigenvalue weighted by Gasteiger charge is 2.38. The van der Waals surface area contributed by atoms with Crippen LogP contribution in [0.5, 0.6) is 0 Å². The van der Waals surface area contributed by atoms with Crippen molar-refractivity contribution in [1.82, 2.24) is 9.47 Å². The smallest absolute Gasteiger partial charge is 0.340 e. The van der Waals surface area contributed by atoms with Crippen molar-refractivity contribution in [3.8, 4) is 0 Å². The number of furan rings is 1. The maximum atomic E-state index is 13.4. The van der Waals surface area contributed by atoms with E-state index < -0.39 is 21.8 Å². The summed E-state index contributed by atoms with van der Waals surface area (Å²) in [4.78, 5) is 51.3. The summed E-state index contributed by atoms with van der Waals surface area (Å²) in [5, 5.41) is 12.9. The molecule has 2 aliphatic heterocycles. The molecule has 0 spiro atoms. The van der Waals surface area contributed by atoms with Crippen LogP contribution in [-0.2, 0) is 17.8 Å². The highest BCUT2D eigenvalue weighted by Crippen LogP contribution is 2.36. The summed E-state index contributed by atoms with van der Waals surface area (Å²) in [6, 6.07) is 4.82. The largest absolute Gasteiger partial charge is 0.464 e. The molecule has 6 rings (SSSR count). The third kappa shape index (κ3) is 3.50. The first-order valence-electron chi connectivity index (χ1n) is 12.2. The van der Waals surface area contributed by atoms with Crippen molar-refractivity contribution in [1.29, 1.82) is 0 Å². The Morgan fingerprint density at radius 2 is 1.86 bits per heavy atom. The summed E-state index contributed by atoms with van der Waals surface area (Å²) in [7, 11) is 0. The van der Waals surface area contributed by atoms with Gasteiger partial charge >= 0.3 is 16.9 Å². The molecule has 37 heavy (non-hydrogen) atoms. The van der Waals surface area contributed by atoms with E-state index in [0.717, 1.165) is 28.3 Å². The average Bonchev–Trinajstić information content (AvgIpc) is 3.23. The van der Waals surface area contributed by atoms with Gasteiger partial charge in [-0.1, -0.05) is 0 Å². The number of carbonyl (C=O) groups is 1. The third-order valence-corrected chi connectivity index (χ3v) is 8.00. The zero-order valence-corrected chi connectivity index (χ0v) is 20.7. The minimum Gasteiger partial charge on any atom is -0.464 e. The highest BCUT2D eigenvalue weighted by atomic mass is 16.6. The van der Waals surface area contributed by atoms with Gasteiger partial charge < -0.3 is 18.3 Å². The van der Waals surface area contributed by atoms with E-state index in [-0.39, 0.29) is 24.2 Å². The molecule has 190 valence electrons. The zero-order chi connectivity index (χ0) is 26.2. The molecule has 5 heterocycles. The number of hydrogen-bond donors (Lipinski definition) is 0. The molecule has 10 heteroatoms. The van der Waals surface area contributed by atoms with Gasteiger partial charge in [-0.2, -0.15) is 0 Å². The van der Waals surface area contributed by atoms with Gasteiger partial charge in [0.05, 0.1) is 23.2 Å². The molecule has 2 aliphatic rings. The number of fused-ring (bicyclic) bond motifs is 6. The number of aryl methyl sites for hydroxylation is 3. The summed E-state index contributed by atoms with van der Waals surface area (Å²) in [6.07, 6.45) is 2.39. The maximum absolute atomic E-state index is 13.4. The van der Waals surface area contributed by atoms with Gasteiger partial charge in [-0.15, -0.1) is 0 Å². The molecular weight excluding hydrogens is 478 g/mol. The van der Waals surface area contributed by atoms with Crippen molar-refractivity contribution >= 4 is 33.5 Å². The number of likely N-dealkylation sites (tertiary alicyclic amines) is 1. The molecule has 4 aromatic rings. The molecule has 0 aliphatic carbocycles. The summed E-state index contributed by atoms with van der Waals surface area (Å²) in [6.45, 7) is 6.78. The van der Waals surface area contributed by atoms with E-state index in [0.29, 0.717) is 47.6 Å². The van der Waals surface area contributed by atoms with Gasteiger partial charge in [0.2, 0.25) is 5.91 Å². The Labute approximate surface area is 210 Å². The number of nitro groups is 1. The summed E-state index contributed by atoms with van der Waals surface area (Å²) in [5.74, 6) is -0.275. The molecule has 2 bridgehead atoms. The Bertz CT molecular complexity index is 1760. The topological polar surface area (TPSA) is 129 Å². The van der Waals surface area contributed by atoms with Crippen molar-refractivity contribution < 1.29 is 18.6 Å². The van der Waals surface area contributed by atoms with Crippen molar-refractivity contribution in [3.63, 3.8) is 0 Å². The molecule has 2 atom stereocenters. The molecule has 1 saturated heterocycles. The fourth-order valence-electron chi connectivity index (χ4n) is 6.06. The third-order valence-electron chi connectivity index (χ3n) is 8.00. The van der Waals surface area contributed by atoms with E-state index in [4.69, 9.17) is 8.83 Å². The Morgan fingerprint density at radius 3 is 2.62 bits per heavy atom. The summed E-state index contributed by atoms with van der Waals surface area (Å²) >= 11 is 0. The quantitative estimate of drug-likeness (QED) is 0.237. The summed E-state index contributed by atoms with van der Waals surface area (Å²) in [5.41, 5.74) is 3.06. The second kappa shape index (κ2) is 8.16. The Kier molecular flexibility index (Phi) is 5.11. The van der Waals surface area contributed by atoms with E-state index in [1.54, 1.807) is 17.2 Å². The molecule has 1 fully saturated rings. The molecule has 0 saturated carbocycles. The first-order chi connectivity index (χ1) is 17.6. The molecule has 0 radical (unpaired) electrons. The van der Waals surface area contributed by atoms with Crippen LogP contribution in [0.15, 0.2) is 42.9 Å². The fraction of sp³-hybridized carbons (Fsp3) is 0.370. The number of nitrogens with zero attached hydrogens (tertiary/aromatic N) is 3. The van der Waals surface area contributed by atoms with E-state index in [2.05, 4.69) is 0 Å².